The molecule has 1 heterocycles. The van der Waals surface area contributed by atoms with E-state index >= 15 is 0 Å². The predicted octanol–water partition coefficient (Wildman–Crippen LogP) is 1.69. The molecule has 3 heteroatoms. The summed E-state index contributed by atoms with van der Waals surface area (Å²) in [4.78, 5) is 6.81. The topological polar surface area (TPSA) is 42.2 Å². The quantitative estimate of drug-likeness (QED) is 0.813. The van der Waals surface area contributed by atoms with E-state index in [0.717, 1.165) is 29.5 Å². The lowest BCUT2D eigenvalue weighted by Gasteiger charge is -2.18. The Hall–Kier alpha value is -1.09. The molecular formula is C12H19N3. The van der Waals surface area contributed by atoms with Crippen LogP contribution in [0.25, 0.3) is 0 Å². The van der Waals surface area contributed by atoms with Gasteiger partial charge < -0.3 is 10.6 Å². The number of rotatable bonds is 4. The maximum atomic E-state index is 5.61. The van der Waals surface area contributed by atoms with Crippen LogP contribution in [-0.2, 0) is 6.54 Å². The third-order valence-electron chi connectivity index (χ3n) is 3.02. The lowest BCUT2D eigenvalue weighted by molar-refractivity contribution is 0.774. The van der Waals surface area contributed by atoms with Crippen LogP contribution in [0.4, 0.5) is 5.82 Å². The zero-order valence-corrected chi connectivity index (χ0v) is 9.53. The number of anilines is 1. The van der Waals surface area contributed by atoms with Crippen molar-refractivity contribution in [2.75, 3.05) is 18.5 Å². The molecule has 0 bridgehead atoms. The molecule has 82 valence electrons. The van der Waals surface area contributed by atoms with Gasteiger partial charge in [0.25, 0.3) is 0 Å². The molecule has 0 spiro atoms. The Morgan fingerprint density at radius 2 is 2.20 bits per heavy atom. The number of nitrogens with two attached hydrogens (primary N) is 1. The van der Waals surface area contributed by atoms with Crippen molar-refractivity contribution in [3.05, 3.63) is 23.4 Å². The number of aryl methyl sites for hydroxylation is 1. The Bertz CT molecular complexity index is 345. The summed E-state index contributed by atoms with van der Waals surface area (Å²) in [5, 5.41) is 0. The fourth-order valence-corrected chi connectivity index (χ4v) is 1.79. The number of hydrogen-bond donors (Lipinski definition) is 1. The van der Waals surface area contributed by atoms with E-state index in [4.69, 9.17) is 5.73 Å². The van der Waals surface area contributed by atoms with Crippen LogP contribution < -0.4 is 10.6 Å². The monoisotopic (exact) mass is 205 g/mol. The Labute approximate surface area is 91.3 Å². The Balaban J connectivity index is 2.09. The molecule has 1 fully saturated rings. The normalized spacial score (nSPS) is 15.4. The SMILES string of the molecule is Cc1nc(N(C)CC2CC2)ccc1CN. The van der Waals surface area contributed by atoms with Crippen LogP contribution >= 0.6 is 0 Å². The molecule has 1 aromatic heterocycles. The molecule has 1 aliphatic carbocycles. The van der Waals surface area contributed by atoms with Crippen LogP contribution in [0, 0.1) is 12.8 Å². The minimum absolute atomic E-state index is 0.575. The third kappa shape index (κ3) is 2.48. The first-order valence-corrected chi connectivity index (χ1v) is 5.58. The van der Waals surface area contributed by atoms with E-state index in [1.165, 1.54) is 12.8 Å². The maximum Gasteiger partial charge on any atom is 0.128 e. The summed E-state index contributed by atoms with van der Waals surface area (Å²) in [6, 6.07) is 4.15. The Kier molecular flexibility index (Phi) is 2.91. The molecule has 2 N–H and O–H groups in total. The van der Waals surface area contributed by atoms with Crippen molar-refractivity contribution in [2.45, 2.75) is 26.3 Å². The summed E-state index contributed by atoms with van der Waals surface area (Å²) in [5.41, 5.74) is 7.80. The van der Waals surface area contributed by atoms with E-state index in [1.54, 1.807) is 0 Å². The van der Waals surface area contributed by atoms with Gasteiger partial charge in [-0.15, -0.1) is 0 Å². The summed E-state index contributed by atoms with van der Waals surface area (Å²) < 4.78 is 0. The number of pyridine rings is 1. The van der Waals surface area contributed by atoms with E-state index in [-0.39, 0.29) is 0 Å². The van der Waals surface area contributed by atoms with Crippen LogP contribution in [-0.4, -0.2) is 18.6 Å². The zero-order chi connectivity index (χ0) is 10.8. The molecule has 1 saturated carbocycles. The average molecular weight is 205 g/mol. The molecule has 2 rings (SSSR count). The minimum atomic E-state index is 0.575. The molecule has 0 saturated heterocycles. The highest BCUT2D eigenvalue weighted by Crippen LogP contribution is 2.30. The molecule has 0 atom stereocenters. The fourth-order valence-electron chi connectivity index (χ4n) is 1.79. The summed E-state index contributed by atoms with van der Waals surface area (Å²) in [6.45, 7) is 3.73. The van der Waals surface area contributed by atoms with Crippen molar-refractivity contribution >= 4 is 5.82 Å². The van der Waals surface area contributed by atoms with Gasteiger partial charge in [0.2, 0.25) is 0 Å². The van der Waals surface area contributed by atoms with Gasteiger partial charge in [0.05, 0.1) is 0 Å². The molecule has 0 aromatic carbocycles. The van der Waals surface area contributed by atoms with E-state index in [9.17, 15) is 0 Å². The first-order chi connectivity index (χ1) is 7.20. The molecule has 0 amide bonds. The van der Waals surface area contributed by atoms with Gasteiger partial charge in [-0.25, -0.2) is 4.98 Å². The maximum absolute atomic E-state index is 5.61. The summed E-state index contributed by atoms with van der Waals surface area (Å²) in [5.74, 6) is 1.96. The largest absolute Gasteiger partial charge is 0.359 e. The lowest BCUT2D eigenvalue weighted by atomic mass is 10.2. The van der Waals surface area contributed by atoms with Crippen molar-refractivity contribution in [1.29, 1.82) is 0 Å². The second-order valence-corrected chi connectivity index (χ2v) is 4.44. The first-order valence-electron chi connectivity index (χ1n) is 5.58. The van der Waals surface area contributed by atoms with Gasteiger partial charge in [-0.3, -0.25) is 0 Å². The van der Waals surface area contributed by atoms with Crippen molar-refractivity contribution < 1.29 is 0 Å². The minimum Gasteiger partial charge on any atom is -0.359 e. The highest BCUT2D eigenvalue weighted by atomic mass is 15.2. The van der Waals surface area contributed by atoms with E-state index in [1.807, 2.05) is 6.92 Å². The molecule has 0 unspecified atom stereocenters. The molecule has 1 aromatic rings. The lowest BCUT2D eigenvalue weighted by Crippen LogP contribution is -2.21. The van der Waals surface area contributed by atoms with Crippen LogP contribution in [0.3, 0.4) is 0 Å². The first kappa shape index (κ1) is 10.4. The van der Waals surface area contributed by atoms with Crippen molar-refractivity contribution in [2.24, 2.45) is 11.7 Å². The second kappa shape index (κ2) is 4.19. The average Bonchev–Trinajstić information content (AvgIpc) is 3.01. The zero-order valence-electron chi connectivity index (χ0n) is 9.53. The second-order valence-electron chi connectivity index (χ2n) is 4.44. The Morgan fingerprint density at radius 1 is 1.47 bits per heavy atom. The molecule has 0 aliphatic heterocycles. The summed E-state index contributed by atoms with van der Waals surface area (Å²) >= 11 is 0. The Morgan fingerprint density at radius 3 is 2.73 bits per heavy atom. The number of hydrogen-bond acceptors (Lipinski definition) is 3. The molecule has 0 radical (unpaired) electrons. The van der Waals surface area contributed by atoms with Crippen LogP contribution in [0.2, 0.25) is 0 Å². The third-order valence-corrected chi connectivity index (χ3v) is 3.02. The van der Waals surface area contributed by atoms with Gasteiger partial charge in [-0.05, 0) is 37.3 Å². The highest BCUT2D eigenvalue weighted by Gasteiger charge is 2.23. The van der Waals surface area contributed by atoms with Gasteiger partial charge in [-0.2, -0.15) is 0 Å². The van der Waals surface area contributed by atoms with Gasteiger partial charge in [-0.1, -0.05) is 6.07 Å². The van der Waals surface area contributed by atoms with Gasteiger partial charge in [0, 0.05) is 25.8 Å². The van der Waals surface area contributed by atoms with Crippen LogP contribution in [0.1, 0.15) is 24.1 Å². The highest BCUT2D eigenvalue weighted by molar-refractivity contribution is 5.41. The van der Waals surface area contributed by atoms with Crippen molar-refractivity contribution in [3.63, 3.8) is 0 Å². The van der Waals surface area contributed by atoms with Gasteiger partial charge in [0.1, 0.15) is 5.82 Å². The van der Waals surface area contributed by atoms with E-state index in [2.05, 4.69) is 29.1 Å². The van der Waals surface area contributed by atoms with Crippen LogP contribution in [0.5, 0.6) is 0 Å². The van der Waals surface area contributed by atoms with Gasteiger partial charge in [0.15, 0.2) is 0 Å². The standard InChI is InChI=1S/C12H19N3/c1-9-11(7-13)5-6-12(14-9)15(2)8-10-3-4-10/h5-6,10H,3-4,7-8,13H2,1-2H3. The van der Waals surface area contributed by atoms with E-state index in [0.29, 0.717) is 6.54 Å². The molecular weight excluding hydrogens is 186 g/mol. The molecule has 15 heavy (non-hydrogen) atoms. The summed E-state index contributed by atoms with van der Waals surface area (Å²) in [6.07, 6.45) is 2.76. The van der Waals surface area contributed by atoms with Crippen molar-refractivity contribution in [1.82, 2.24) is 4.98 Å². The van der Waals surface area contributed by atoms with E-state index < -0.39 is 0 Å². The predicted molar refractivity (Wildman–Crippen MR) is 62.9 cm³/mol. The molecule has 3 nitrogen and oxygen atoms in total. The summed E-state index contributed by atoms with van der Waals surface area (Å²) in [7, 11) is 2.11. The smallest absolute Gasteiger partial charge is 0.128 e. The van der Waals surface area contributed by atoms with Crippen LogP contribution in [0.15, 0.2) is 12.1 Å². The molecule has 1 aliphatic rings. The number of nitrogens with zero attached hydrogens (tertiary/aromatic N) is 2. The fraction of sp³-hybridized carbons (Fsp3) is 0.583. The van der Waals surface area contributed by atoms with Crippen molar-refractivity contribution in [3.8, 4) is 0 Å². The number of aromatic nitrogens is 1. The van der Waals surface area contributed by atoms with Gasteiger partial charge >= 0.3 is 0 Å².